The molecule has 0 amide bonds. The Bertz CT molecular complexity index is 866. The minimum Gasteiger partial charge on any atom is -0.294 e. The highest BCUT2D eigenvalue weighted by molar-refractivity contribution is 6.31. The minimum absolute atomic E-state index is 0.0252. The summed E-state index contributed by atoms with van der Waals surface area (Å²) in [7, 11) is 0. The number of carbonyl (C=O) groups excluding carboxylic acids is 2. The maximum atomic E-state index is 11.4. The predicted molar refractivity (Wildman–Crippen MR) is 106 cm³/mol. The molecule has 4 heteroatoms. The van der Waals surface area contributed by atoms with Crippen LogP contribution in [0.25, 0.3) is 0 Å². The van der Waals surface area contributed by atoms with E-state index in [0.717, 1.165) is 24.0 Å². The molecule has 0 saturated carbocycles. The Morgan fingerprint density at radius 3 is 1.85 bits per heavy atom. The van der Waals surface area contributed by atoms with E-state index in [1.165, 1.54) is 0 Å². The fourth-order valence-electron chi connectivity index (χ4n) is 3.14. The lowest BCUT2D eigenvalue weighted by molar-refractivity contribution is -0.116. The number of hydrogen-bond acceptors (Lipinski definition) is 2. The zero-order chi connectivity index (χ0) is 18.5. The molecule has 0 saturated heterocycles. The van der Waals surface area contributed by atoms with Gasteiger partial charge in [-0.15, -0.1) is 0 Å². The van der Waals surface area contributed by atoms with E-state index in [1.54, 1.807) is 12.2 Å². The second-order valence-electron chi connectivity index (χ2n) is 6.26. The van der Waals surface area contributed by atoms with Gasteiger partial charge in [0.25, 0.3) is 0 Å². The van der Waals surface area contributed by atoms with Gasteiger partial charge in [-0.1, -0.05) is 65.7 Å². The zero-order valence-electron chi connectivity index (χ0n) is 14.1. The van der Waals surface area contributed by atoms with Crippen molar-refractivity contribution in [1.82, 2.24) is 0 Å². The van der Waals surface area contributed by atoms with Gasteiger partial charge >= 0.3 is 0 Å². The van der Waals surface area contributed by atoms with Crippen molar-refractivity contribution in [1.29, 1.82) is 0 Å². The summed E-state index contributed by atoms with van der Waals surface area (Å²) in [5.41, 5.74) is 2.00. The maximum Gasteiger partial charge on any atom is 0.163 e. The zero-order valence-corrected chi connectivity index (χ0v) is 15.6. The molecule has 26 heavy (non-hydrogen) atoms. The van der Waals surface area contributed by atoms with Gasteiger partial charge in [-0.05, 0) is 54.3 Å². The first-order chi connectivity index (χ1) is 12.6. The number of carbonyl (C=O) groups is 2. The topological polar surface area (TPSA) is 34.1 Å². The van der Waals surface area contributed by atoms with Crippen LogP contribution in [0.2, 0.25) is 10.0 Å². The van der Waals surface area contributed by atoms with Crippen molar-refractivity contribution in [2.75, 3.05) is 0 Å². The van der Waals surface area contributed by atoms with Crippen molar-refractivity contribution < 1.29 is 9.59 Å². The van der Waals surface area contributed by atoms with Gasteiger partial charge in [0.1, 0.15) is 0 Å². The highest BCUT2D eigenvalue weighted by Crippen LogP contribution is 2.31. The molecule has 0 aliphatic heterocycles. The highest BCUT2D eigenvalue weighted by atomic mass is 35.5. The van der Waals surface area contributed by atoms with Crippen molar-refractivity contribution in [3.63, 3.8) is 0 Å². The van der Waals surface area contributed by atoms with Gasteiger partial charge in [-0.3, -0.25) is 9.59 Å². The molecular formula is C22H18Cl2O2. The summed E-state index contributed by atoms with van der Waals surface area (Å²) in [6.07, 6.45) is 8.70. The number of benzene rings is 2. The monoisotopic (exact) mass is 384 g/mol. The second kappa shape index (κ2) is 8.48. The molecule has 2 aromatic rings. The molecule has 2 unspecified atom stereocenters. The predicted octanol–water partition coefficient (Wildman–Crippen LogP) is 5.91. The summed E-state index contributed by atoms with van der Waals surface area (Å²) < 4.78 is 0. The van der Waals surface area contributed by atoms with Crippen LogP contribution in [0.5, 0.6) is 0 Å². The van der Waals surface area contributed by atoms with Crippen LogP contribution in [0.3, 0.4) is 0 Å². The lowest BCUT2D eigenvalue weighted by Crippen LogP contribution is -2.04. The maximum absolute atomic E-state index is 11.4. The second-order valence-corrected chi connectivity index (χ2v) is 7.10. The van der Waals surface area contributed by atoms with Gasteiger partial charge in [-0.2, -0.15) is 0 Å². The SMILES string of the molecule is O=C1C=CCC1c1ccc(Cl)cc1.O=C1C=CCC1c1ccccc1Cl. The van der Waals surface area contributed by atoms with Crippen LogP contribution in [0.1, 0.15) is 35.8 Å². The molecule has 0 heterocycles. The largest absolute Gasteiger partial charge is 0.294 e. The molecule has 132 valence electrons. The van der Waals surface area contributed by atoms with Crippen LogP contribution in [0.15, 0.2) is 72.8 Å². The van der Waals surface area contributed by atoms with Gasteiger partial charge in [-0.25, -0.2) is 0 Å². The van der Waals surface area contributed by atoms with E-state index in [4.69, 9.17) is 23.2 Å². The van der Waals surface area contributed by atoms with E-state index in [-0.39, 0.29) is 23.4 Å². The van der Waals surface area contributed by atoms with E-state index >= 15 is 0 Å². The van der Waals surface area contributed by atoms with Crippen LogP contribution >= 0.6 is 23.2 Å². The summed E-state index contributed by atoms with van der Waals surface area (Å²) in [5.74, 6) is 0.335. The van der Waals surface area contributed by atoms with Crippen molar-refractivity contribution in [3.8, 4) is 0 Å². The molecule has 0 spiro atoms. The third-order valence-corrected chi connectivity index (χ3v) is 5.14. The molecule has 4 rings (SSSR count). The number of hydrogen-bond donors (Lipinski definition) is 0. The normalized spacial score (nSPS) is 21.0. The van der Waals surface area contributed by atoms with E-state index in [1.807, 2.05) is 60.7 Å². The number of halogens is 2. The number of rotatable bonds is 2. The molecule has 2 atom stereocenters. The van der Waals surface area contributed by atoms with Gasteiger partial charge in [0.15, 0.2) is 11.6 Å². The van der Waals surface area contributed by atoms with Crippen molar-refractivity contribution >= 4 is 34.8 Å². The van der Waals surface area contributed by atoms with Crippen molar-refractivity contribution in [2.45, 2.75) is 24.7 Å². The molecule has 0 radical (unpaired) electrons. The van der Waals surface area contributed by atoms with Gasteiger partial charge in [0, 0.05) is 10.0 Å². The van der Waals surface area contributed by atoms with Gasteiger partial charge < -0.3 is 0 Å². The smallest absolute Gasteiger partial charge is 0.163 e. The summed E-state index contributed by atoms with van der Waals surface area (Å²) in [6.45, 7) is 0. The standard InChI is InChI=1S/2C11H9ClO/c12-10-6-2-1-4-8(10)9-5-3-7-11(9)13;12-9-6-4-8(5-7-9)10-2-1-3-11(10)13/h1-4,6-7,9H,5H2;1,3-7,10H,2H2. The molecule has 0 fully saturated rings. The molecule has 2 nitrogen and oxygen atoms in total. The highest BCUT2D eigenvalue weighted by Gasteiger charge is 2.23. The number of ketones is 2. The van der Waals surface area contributed by atoms with Crippen LogP contribution in [-0.2, 0) is 9.59 Å². The van der Waals surface area contributed by atoms with Crippen LogP contribution in [0.4, 0.5) is 0 Å². The lowest BCUT2D eigenvalue weighted by atomic mass is 9.96. The fraction of sp³-hybridized carbons (Fsp3) is 0.182. The Hall–Kier alpha value is -2.16. The summed E-state index contributed by atoms with van der Waals surface area (Å²) >= 11 is 11.7. The Morgan fingerprint density at radius 1 is 0.731 bits per heavy atom. The third-order valence-electron chi connectivity index (χ3n) is 4.55. The average Bonchev–Trinajstić information content (AvgIpc) is 3.25. The van der Waals surface area contributed by atoms with E-state index in [0.29, 0.717) is 10.0 Å². The number of allylic oxidation sites excluding steroid dienone is 4. The Balaban J connectivity index is 0.000000151. The molecule has 0 aromatic heterocycles. The molecule has 2 aromatic carbocycles. The summed E-state index contributed by atoms with van der Waals surface area (Å²) in [4.78, 5) is 22.7. The minimum atomic E-state index is -0.0475. The van der Waals surface area contributed by atoms with Crippen molar-refractivity contribution in [2.24, 2.45) is 0 Å². The summed E-state index contributed by atoms with van der Waals surface area (Å²) in [6, 6.07) is 15.0. The van der Waals surface area contributed by atoms with E-state index in [2.05, 4.69) is 0 Å². The first-order valence-corrected chi connectivity index (χ1v) is 9.22. The molecule has 0 N–H and O–H groups in total. The van der Waals surface area contributed by atoms with Gasteiger partial charge in [0.2, 0.25) is 0 Å². The fourth-order valence-corrected chi connectivity index (χ4v) is 3.53. The first kappa shape index (κ1) is 18.6. The Kier molecular flexibility index (Phi) is 6.08. The molecule has 0 bridgehead atoms. The van der Waals surface area contributed by atoms with E-state index in [9.17, 15) is 9.59 Å². The Labute approximate surface area is 163 Å². The van der Waals surface area contributed by atoms with E-state index < -0.39 is 0 Å². The first-order valence-electron chi connectivity index (χ1n) is 8.47. The Morgan fingerprint density at radius 2 is 1.31 bits per heavy atom. The van der Waals surface area contributed by atoms with Gasteiger partial charge in [0.05, 0.1) is 11.8 Å². The van der Waals surface area contributed by atoms with Crippen LogP contribution in [-0.4, -0.2) is 11.6 Å². The van der Waals surface area contributed by atoms with Crippen molar-refractivity contribution in [3.05, 3.63) is 94.0 Å². The molecular weight excluding hydrogens is 367 g/mol. The lowest BCUT2D eigenvalue weighted by Gasteiger charge is -2.09. The van der Waals surface area contributed by atoms with Crippen LogP contribution < -0.4 is 0 Å². The van der Waals surface area contributed by atoms with Crippen LogP contribution in [0, 0.1) is 0 Å². The molecule has 2 aliphatic carbocycles. The molecule has 2 aliphatic rings. The third kappa shape index (κ3) is 4.32. The summed E-state index contributed by atoms with van der Waals surface area (Å²) in [5, 5.41) is 1.40. The quantitative estimate of drug-likeness (QED) is 0.645. The average molecular weight is 385 g/mol.